The van der Waals surface area contributed by atoms with Crippen LogP contribution in [0.15, 0.2) is 60.0 Å². The molecule has 4 aromatic rings. The second kappa shape index (κ2) is 9.59. The summed E-state index contributed by atoms with van der Waals surface area (Å²) in [7, 11) is -1.94. The van der Waals surface area contributed by atoms with E-state index in [4.69, 9.17) is 4.74 Å². The average molecular weight is 509 g/mol. The van der Waals surface area contributed by atoms with Gasteiger partial charge in [-0.2, -0.15) is 9.40 Å². The van der Waals surface area contributed by atoms with Gasteiger partial charge in [-0.25, -0.2) is 18.1 Å². The summed E-state index contributed by atoms with van der Waals surface area (Å²) in [6.45, 7) is 8.65. The van der Waals surface area contributed by atoms with Crippen LogP contribution in [0.5, 0.6) is 5.88 Å². The highest BCUT2D eigenvalue weighted by molar-refractivity contribution is 7.89. The van der Waals surface area contributed by atoms with Gasteiger partial charge in [0, 0.05) is 61.8 Å². The van der Waals surface area contributed by atoms with Crippen LogP contribution < -0.4 is 9.64 Å². The SMILES string of the molecule is CCCn1ccc(S(=O)(=O)N2CCN(c3cc4cnn(-c5ccc(OC)nc5)c4cc3C)C[C@H]2C)c1. The molecule has 0 N–H and O–H groups in total. The van der Waals surface area contributed by atoms with E-state index in [0.29, 0.717) is 30.4 Å². The third kappa shape index (κ3) is 4.35. The van der Waals surface area contributed by atoms with E-state index in [1.54, 1.807) is 29.9 Å². The van der Waals surface area contributed by atoms with E-state index in [1.165, 1.54) is 0 Å². The van der Waals surface area contributed by atoms with Crippen molar-refractivity contribution < 1.29 is 13.2 Å². The lowest BCUT2D eigenvalue weighted by molar-refractivity contribution is 0.306. The van der Waals surface area contributed by atoms with Crippen molar-refractivity contribution >= 4 is 26.6 Å². The van der Waals surface area contributed by atoms with Gasteiger partial charge in [-0.1, -0.05) is 6.92 Å². The monoisotopic (exact) mass is 508 g/mol. The Kier molecular flexibility index (Phi) is 6.48. The summed E-state index contributed by atoms with van der Waals surface area (Å²) in [4.78, 5) is 6.94. The van der Waals surface area contributed by atoms with E-state index in [0.717, 1.165) is 40.8 Å². The number of anilines is 1. The predicted molar refractivity (Wildman–Crippen MR) is 140 cm³/mol. The molecule has 1 aliphatic rings. The zero-order valence-corrected chi connectivity index (χ0v) is 21.9. The largest absolute Gasteiger partial charge is 0.481 e. The molecule has 0 amide bonds. The van der Waals surface area contributed by atoms with Crippen LogP contribution in [0.2, 0.25) is 0 Å². The molecule has 9 nitrogen and oxygen atoms in total. The van der Waals surface area contributed by atoms with Crippen molar-refractivity contribution in [3.63, 3.8) is 0 Å². The lowest BCUT2D eigenvalue weighted by atomic mass is 10.1. The molecular formula is C26H32N6O3S. The van der Waals surface area contributed by atoms with E-state index in [-0.39, 0.29) is 6.04 Å². The number of pyridine rings is 1. The smallest absolute Gasteiger partial charge is 0.244 e. The molecule has 1 fully saturated rings. The molecule has 36 heavy (non-hydrogen) atoms. The first kappa shape index (κ1) is 24.3. The van der Waals surface area contributed by atoms with Gasteiger partial charge in [0.1, 0.15) is 0 Å². The summed E-state index contributed by atoms with van der Waals surface area (Å²) < 4.78 is 37.3. The van der Waals surface area contributed by atoms with Crippen molar-refractivity contribution in [2.24, 2.45) is 0 Å². The van der Waals surface area contributed by atoms with Crippen LogP contribution >= 0.6 is 0 Å². The molecule has 0 aliphatic carbocycles. The molecule has 5 rings (SSSR count). The number of hydrogen-bond donors (Lipinski definition) is 0. The number of piperazine rings is 1. The molecule has 1 saturated heterocycles. The van der Waals surface area contributed by atoms with Crippen LogP contribution in [0.4, 0.5) is 5.69 Å². The zero-order chi connectivity index (χ0) is 25.4. The van der Waals surface area contributed by atoms with E-state index in [1.807, 2.05) is 40.7 Å². The molecule has 0 unspecified atom stereocenters. The molecule has 10 heteroatoms. The first-order chi connectivity index (χ1) is 17.3. The average Bonchev–Trinajstić information content (AvgIpc) is 3.51. The van der Waals surface area contributed by atoms with Crippen LogP contribution in [0, 0.1) is 6.92 Å². The van der Waals surface area contributed by atoms with Crippen molar-refractivity contribution in [2.45, 2.75) is 44.7 Å². The minimum absolute atomic E-state index is 0.151. The van der Waals surface area contributed by atoms with Crippen molar-refractivity contribution in [3.8, 4) is 11.6 Å². The second-order valence-electron chi connectivity index (χ2n) is 9.31. The maximum absolute atomic E-state index is 13.3. The number of aromatic nitrogens is 4. The highest BCUT2D eigenvalue weighted by atomic mass is 32.2. The van der Waals surface area contributed by atoms with E-state index in [2.05, 4.69) is 41.0 Å². The van der Waals surface area contributed by atoms with Gasteiger partial charge in [0.25, 0.3) is 0 Å². The van der Waals surface area contributed by atoms with Crippen LogP contribution in [0.25, 0.3) is 16.6 Å². The fourth-order valence-electron chi connectivity index (χ4n) is 4.95. The summed E-state index contributed by atoms with van der Waals surface area (Å²) in [6.07, 6.45) is 8.15. The van der Waals surface area contributed by atoms with Crippen LogP contribution in [0.3, 0.4) is 0 Å². The topological polar surface area (TPSA) is 85.5 Å². The summed E-state index contributed by atoms with van der Waals surface area (Å²) in [5, 5.41) is 5.60. The fraction of sp³-hybridized carbons (Fsp3) is 0.385. The van der Waals surface area contributed by atoms with Crippen LogP contribution in [-0.2, 0) is 16.6 Å². The molecule has 4 heterocycles. The molecule has 1 aromatic carbocycles. The Morgan fingerprint density at radius 3 is 2.67 bits per heavy atom. The van der Waals surface area contributed by atoms with Crippen LogP contribution in [0.1, 0.15) is 25.8 Å². The lowest BCUT2D eigenvalue weighted by Gasteiger charge is -2.40. The van der Waals surface area contributed by atoms with Gasteiger partial charge >= 0.3 is 0 Å². The van der Waals surface area contributed by atoms with Gasteiger partial charge in [-0.3, -0.25) is 0 Å². The van der Waals surface area contributed by atoms with Gasteiger partial charge in [0.15, 0.2) is 0 Å². The zero-order valence-electron chi connectivity index (χ0n) is 21.1. The Morgan fingerprint density at radius 1 is 1.14 bits per heavy atom. The number of methoxy groups -OCH3 is 1. The van der Waals surface area contributed by atoms with Gasteiger partial charge in [0.2, 0.25) is 15.9 Å². The molecule has 0 spiro atoms. The van der Waals surface area contributed by atoms with Crippen LogP contribution in [-0.4, -0.2) is 64.8 Å². The maximum atomic E-state index is 13.3. The quantitative estimate of drug-likeness (QED) is 0.377. The summed E-state index contributed by atoms with van der Waals surface area (Å²) in [6, 6.07) is 9.58. The molecule has 3 aromatic heterocycles. The Morgan fingerprint density at radius 2 is 1.97 bits per heavy atom. The number of benzene rings is 1. The molecule has 0 saturated carbocycles. The number of ether oxygens (including phenoxy) is 1. The number of sulfonamides is 1. The van der Waals surface area contributed by atoms with Crippen molar-refractivity contribution in [1.29, 1.82) is 0 Å². The Labute approximate surface area is 212 Å². The van der Waals surface area contributed by atoms with E-state index < -0.39 is 10.0 Å². The molecule has 0 bridgehead atoms. The fourth-order valence-corrected chi connectivity index (χ4v) is 6.59. The highest BCUT2D eigenvalue weighted by Crippen LogP contribution is 2.31. The number of hydrogen-bond acceptors (Lipinski definition) is 6. The number of rotatable bonds is 7. The minimum Gasteiger partial charge on any atom is -0.481 e. The molecule has 190 valence electrons. The molecule has 1 atom stereocenters. The predicted octanol–water partition coefficient (Wildman–Crippen LogP) is 3.85. The molecule has 0 radical (unpaired) electrons. The van der Waals surface area contributed by atoms with Gasteiger partial charge in [-0.05, 0) is 50.1 Å². The van der Waals surface area contributed by atoms with Gasteiger partial charge < -0.3 is 14.2 Å². The van der Waals surface area contributed by atoms with Gasteiger partial charge in [-0.15, -0.1) is 0 Å². The maximum Gasteiger partial charge on any atom is 0.244 e. The number of fused-ring (bicyclic) bond motifs is 1. The number of aryl methyl sites for hydroxylation is 2. The van der Waals surface area contributed by atoms with E-state index in [9.17, 15) is 8.42 Å². The number of nitrogens with zero attached hydrogens (tertiary/aromatic N) is 6. The second-order valence-corrected chi connectivity index (χ2v) is 11.2. The minimum atomic E-state index is -3.53. The first-order valence-electron chi connectivity index (χ1n) is 12.2. The van der Waals surface area contributed by atoms with Crippen molar-refractivity contribution in [3.05, 3.63) is 60.7 Å². The highest BCUT2D eigenvalue weighted by Gasteiger charge is 2.34. The Bertz CT molecular complexity index is 1480. The first-order valence-corrected chi connectivity index (χ1v) is 13.7. The standard InChI is InChI=1S/C26H32N6O3S/c1-5-9-29-10-8-23(18-29)36(33,34)31-12-11-30(17-20(31)3)24-14-21-15-28-32(25(21)13-19(24)2)22-6-7-26(35-4)27-16-22/h6-8,10,13-16,18,20H,5,9,11-12,17H2,1-4H3/t20-/m1/s1. The third-order valence-electron chi connectivity index (χ3n) is 6.78. The van der Waals surface area contributed by atoms with Gasteiger partial charge in [0.05, 0.1) is 35.6 Å². The lowest BCUT2D eigenvalue weighted by Crippen LogP contribution is -2.54. The Hall–Kier alpha value is -3.37. The summed E-state index contributed by atoms with van der Waals surface area (Å²) in [5.74, 6) is 0.558. The third-order valence-corrected chi connectivity index (χ3v) is 8.78. The normalized spacial score (nSPS) is 17.1. The van der Waals surface area contributed by atoms with Crippen molar-refractivity contribution in [1.82, 2.24) is 23.6 Å². The molecular weight excluding hydrogens is 476 g/mol. The summed E-state index contributed by atoms with van der Waals surface area (Å²) >= 11 is 0. The summed E-state index contributed by atoms with van der Waals surface area (Å²) in [5.41, 5.74) is 4.08. The Balaban J connectivity index is 1.37. The van der Waals surface area contributed by atoms with Crippen molar-refractivity contribution in [2.75, 3.05) is 31.6 Å². The van der Waals surface area contributed by atoms with E-state index >= 15 is 0 Å². The molecule has 1 aliphatic heterocycles.